The second kappa shape index (κ2) is 7.70. The van der Waals surface area contributed by atoms with Crippen LogP contribution in [0.5, 0.6) is 0 Å². The summed E-state index contributed by atoms with van der Waals surface area (Å²) in [7, 11) is 0. The van der Waals surface area contributed by atoms with E-state index in [0.29, 0.717) is 22.1 Å². The number of amides is 1. The Morgan fingerprint density at radius 1 is 1.19 bits per heavy atom. The first-order chi connectivity index (χ1) is 12.5. The van der Waals surface area contributed by atoms with Gasteiger partial charge in [-0.25, -0.2) is 14.5 Å². The molecule has 1 unspecified atom stereocenters. The molecule has 0 spiro atoms. The lowest BCUT2D eigenvalue weighted by Gasteiger charge is -2.13. The van der Waals surface area contributed by atoms with Crippen molar-refractivity contribution in [2.75, 3.05) is 5.32 Å². The van der Waals surface area contributed by atoms with Crippen molar-refractivity contribution in [1.82, 2.24) is 25.2 Å². The Bertz CT molecular complexity index is 897. The predicted molar refractivity (Wildman–Crippen MR) is 91.9 cm³/mol. The van der Waals surface area contributed by atoms with Gasteiger partial charge in [-0.15, -0.1) is 5.10 Å². The zero-order chi connectivity index (χ0) is 18.5. The van der Waals surface area contributed by atoms with E-state index in [1.165, 1.54) is 24.1 Å². The average molecular weight is 373 g/mol. The molecular weight excluding hydrogens is 360 g/mol. The topological polar surface area (TPSA) is 112 Å². The highest BCUT2D eigenvalue weighted by molar-refractivity contribution is 6.30. The third-order valence-corrected chi connectivity index (χ3v) is 3.57. The van der Waals surface area contributed by atoms with Crippen molar-refractivity contribution in [1.29, 1.82) is 0 Å². The molecule has 1 aromatic carbocycles. The summed E-state index contributed by atoms with van der Waals surface area (Å²) in [5.74, 6) is -0.813. The van der Waals surface area contributed by atoms with Crippen LogP contribution in [0.25, 0.3) is 5.69 Å². The van der Waals surface area contributed by atoms with Crippen LogP contribution in [-0.4, -0.2) is 43.2 Å². The molecule has 0 saturated heterocycles. The van der Waals surface area contributed by atoms with Gasteiger partial charge in [-0.1, -0.05) is 11.6 Å². The molecule has 0 aliphatic carbocycles. The van der Waals surface area contributed by atoms with Gasteiger partial charge in [0.1, 0.15) is 12.1 Å². The molecule has 0 radical (unpaired) electrons. The highest BCUT2D eigenvalue weighted by Crippen LogP contribution is 2.12. The number of aromatic nitrogens is 5. The lowest BCUT2D eigenvalue weighted by atomic mass is 10.2. The number of anilines is 1. The number of carbonyl (C=O) groups excluding carboxylic acids is 2. The molecule has 10 heteroatoms. The number of nitrogens with zero attached hydrogens (tertiary/aromatic N) is 5. The summed E-state index contributed by atoms with van der Waals surface area (Å²) < 4.78 is 6.62. The fourth-order valence-corrected chi connectivity index (χ4v) is 2.10. The molecule has 1 atom stereocenters. The Kier molecular flexibility index (Phi) is 5.18. The number of nitrogens with one attached hydrogen (secondary N) is 1. The largest absolute Gasteiger partial charge is 0.449 e. The maximum atomic E-state index is 12.2. The summed E-state index contributed by atoms with van der Waals surface area (Å²) >= 11 is 5.73. The number of ether oxygens (including phenoxy) is 1. The molecule has 132 valence electrons. The number of hydrogen-bond acceptors (Lipinski definition) is 7. The highest BCUT2D eigenvalue weighted by Gasteiger charge is 2.19. The van der Waals surface area contributed by atoms with Crippen molar-refractivity contribution < 1.29 is 14.3 Å². The van der Waals surface area contributed by atoms with Crippen LogP contribution in [0.1, 0.15) is 17.3 Å². The molecule has 2 heterocycles. The third kappa shape index (κ3) is 4.19. The van der Waals surface area contributed by atoms with Gasteiger partial charge in [-0.2, -0.15) is 0 Å². The van der Waals surface area contributed by atoms with Gasteiger partial charge in [-0.3, -0.25) is 4.79 Å². The number of tetrazole rings is 1. The first-order valence-corrected chi connectivity index (χ1v) is 7.87. The Balaban J connectivity index is 1.59. The van der Waals surface area contributed by atoms with Gasteiger partial charge < -0.3 is 10.1 Å². The second-order valence-corrected chi connectivity index (χ2v) is 5.64. The maximum Gasteiger partial charge on any atom is 0.338 e. The van der Waals surface area contributed by atoms with Crippen molar-refractivity contribution >= 4 is 29.3 Å². The zero-order valence-electron chi connectivity index (χ0n) is 13.5. The first-order valence-electron chi connectivity index (χ1n) is 7.50. The lowest BCUT2D eigenvalue weighted by molar-refractivity contribution is -0.123. The van der Waals surface area contributed by atoms with E-state index in [0.717, 1.165) is 0 Å². The Hall–Kier alpha value is -3.33. The monoisotopic (exact) mass is 372 g/mol. The van der Waals surface area contributed by atoms with E-state index in [4.69, 9.17) is 16.3 Å². The smallest absolute Gasteiger partial charge is 0.338 e. The van der Waals surface area contributed by atoms with Crippen molar-refractivity contribution in [2.24, 2.45) is 0 Å². The fourth-order valence-electron chi connectivity index (χ4n) is 1.99. The first kappa shape index (κ1) is 17.5. The van der Waals surface area contributed by atoms with E-state index in [1.807, 2.05) is 0 Å². The minimum Gasteiger partial charge on any atom is -0.449 e. The molecular formula is C16H13ClN6O3. The number of esters is 1. The van der Waals surface area contributed by atoms with Crippen LogP contribution in [0, 0.1) is 0 Å². The molecule has 0 bridgehead atoms. The lowest BCUT2D eigenvalue weighted by Crippen LogP contribution is -2.30. The molecule has 0 aliphatic heterocycles. The molecule has 3 rings (SSSR count). The van der Waals surface area contributed by atoms with E-state index in [2.05, 4.69) is 25.8 Å². The van der Waals surface area contributed by atoms with Gasteiger partial charge in [0.05, 0.1) is 16.3 Å². The van der Waals surface area contributed by atoms with Crippen LogP contribution in [0.4, 0.5) is 5.82 Å². The van der Waals surface area contributed by atoms with Crippen LogP contribution in [-0.2, 0) is 9.53 Å². The summed E-state index contributed by atoms with van der Waals surface area (Å²) in [5.41, 5.74) is 0.984. The predicted octanol–water partition coefficient (Wildman–Crippen LogP) is 1.89. The van der Waals surface area contributed by atoms with E-state index >= 15 is 0 Å². The SMILES string of the molecule is CC(OC(=O)c1ccc(-n2cnnn2)cc1)C(=O)Nc1ccc(Cl)cn1. The van der Waals surface area contributed by atoms with E-state index in [9.17, 15) is 9.59 Å². The van der Waals surface area contributed by atoms with Gasteiger partial charge in [0.15, 0.2) is 6.10 Å². The zero-order valence-corrected chi connectivity index (χ0v) is 14.3. The van der Waals surface area contributed by atoms with Crippen LogP contribution >= 0.6 is 11.6 Å². The molecule has 0 aliphatic rings. The summed E-state index contributed by atoms with van der Waals surface area (Å²) in [6.07, 6.45) is 1.84. The highest BCUT2D eigenvalue weighted by atomic mass is 35.5. The molecule has 0 saturated carbocycles. The van der Waals surface area contributed by atoms with Gasteiger partial charge in [0.2, 0.25) is 0 Å². The third-order valence-electron chi connectivity index (χ3n) is 3.35. The van der Waals surface area contributed by atoms with Crippen molar-refractivity contribution in [3.63, 3.8) is 0 Å². The van der Waals surface area contributed by atoms with Gasteiger partial charge >= 0.3 is 5.97 Å². The summed E-state index contributed by atoms with van der Waals surface area (Å²) in [5, 5.41) is 13.8. The Morgan fingerprint density at radius 3 is 2.58 bits per heavy atom. The van der Waals surface area contributed by atoms with Gasteiger partial charge in [-0.05, 0) is 53.7 Å². The summed E-state index contributed by atoms with van der Waals surface area (Å²) in [6, 6.07) is 9.58. The number of hydrogen-bond donors (Lipinski definition) is 1. The number of halogens is 1. The molecule has 26 heavy (non-hydrogen) atoms. The minimum absolute atomic E-state index is 0.297. The number of pyridine rings is 1. The Morgan fingerprint density at radius 2 is 1.96 bits per heavy atom. The van der Waals surface area contributed by atoms with E-state index < -0.39 is 18.0 Å². The minimum atomic E-state index is -1.00. The van der Waals surface area contributed by atoms with E-state index in [1.54, 1.807) is 36.4 Å². The van der Waals surface area contributed by atoms with Crippen molar-refractivity contribution in [3.8, 4) is 5.69 Å². The van der Waals surface area contributed by atoms with E-state index in [-0.39, 0.29) is 0 Å². The van der Waals surface area contributed by atoms with Crippen molar-refractivity contribution in [2.45, 2.75) is 13.0 Å². The molecule has 0 fully saturated rings. The van der Waals surface area contributed by atoms with Gasteiger partial charge in [0.25, 0.3) is 5.91 Å². The maximum absolute atomic E-state index is 12.2. The number of benzene rings is 1. The standard InChI is InChI=1S/C16H13ClN6O3/c1-10(15(24)20-14-7-4-12(17)8-18-14)26-16(25)11-2-5-13(6-3-11)23-9-19-21-22-23/h2-10H,1H3,(H,18,20,24). The Labute approximate surface area is 152 Å². The summed E-state index contributed by atoms with van der Waals surface area (Å²) in [4.78, 5) is 28.2. The number of carbonyl (C=O) groups is 2. The van der Waals surface area contributed by atoms with Crippen LogP contribution in [0.3, 0.4) is 0 Å². The van der Waals surface area contributed by atoms with Gasteiger partial charge in [0, 0.05) is 6.20 Å². The fraction of sp³-hybridized carbons (Fsp3) is 0.125. The molecule has 1 N–H and O–H groups in total. The average Bonchev–Trinajstić information content (AvgIpc) is 3.18. The van der Waals surface area contributed by atoms with Crippen LogP contribution in [0.15, 0.2) is 48.9 Å². The molecule has 9 nitrogen and oxygen atoms in total. The second-order valence-electron chi connectivity index (χ2n) is 5.20. The molecule has 3 aromatic rings. The molecule has 2 aromatic heterocycles. The quantitative estimate of drug-likeness (QED) is 0.680. The molecule has 1 amide bonds. The number of rotatable bonds is 5. The summed E-state index contributed by atoms with van der Waals surface area (Å²) in [6.45, 7) is 1.47. The van der Waals surface area contributed by atoms with Crippen LogP contribution in [0.2, 0.25) is 5.02 Å². The van der Waals surface area contributed by atoms with Crippen LogP contribution < -0.4 is 5.32 Å². The normalized spacial score (nSPS) is 11.6. The van der Waals surface area contributed by atoms with Crippen molar-refractivity contribution in [3.05, 3.63) is 59.5 Å².